The lowest BCUT2D eigenvalue weighted by molar-refractivity contribution is -0.0513. The second kappa shape index (κ2) is 11.0. The van der Waals surface area contributed by atoms with E-state index in [0.717, 1.165) is 49.3 Å². The topological polar surface area (TPSA) is 156 Å². The summed E-state index contributed by atoms with van der Waals surface area (Å²) in [6.45, 7) is 5.60. The summed E-state index contributed by atoms with van der Waals surface area (Å²) >= 11 is 0. The molecule has 4 aliphatic rings. The number of aliphatic hydroxyl groups is 2. The Labute approximate surface area is 239 Å². The molecule has 12 nitrogen and oxygen atoms in total. The second-order valence-electron chi connectivity index (χ2n) is 12.4. The fraction of sp³-hybridized carbons (Fsp3) is 0.621. The maximum Gasteiger partial charge on any atom is 0.167 e. The third kappa shape index (κ3) is 5.35. The minimum atomic E-state index is -1.11. The quantitative estimate of drug-likeness (QED) is 0.394. The number of fused-ring (bicyclic) bond motifs is 2. The number of aliphatic hydroxyl groups excluding tert-OH is 2. The summed E-state index contributed by atoms with van der Waals surface area (Å²) in [5.74, 6) is 1.80. The van der Waals surface area contributed by atoms with Gasteiger partial charge < -0.3 is 30.3 Å². The SMILES string of the molecule is COCC(C)(C)C1=CC2=NC(CCC3CC(N(C)CC4O[C@@H](n5cnc6c(N)ncnc65)[C@H](O)[C@@H]4O)C3)=NC2=CC1. The van der Waals surface area contributed by atoms with Crippen LogP contribution in [0.2, 0.25) is 0 Å². The highest BCUT2D eigenvalue weighted by atomic mass is 16.6. The predicted octanol–water partition coefficient (Wildman–Crippen LogP) is 2.26. The van der Waals surface area contributed by atoms with Crippen molar-refractivity contribution in [1.82, 2.24) is 24.4 Å². The molecule has 0 spiro atoms. The Kier molecular flexibility index (Phi) is 7.53. The number of rotatable bonds is 10. The second-order valence-corrected chi connectivity index (χ2v) is 12.4. The van der Waals surface area contributed by atoms with Crippen LogP contribution in [0.25, 0.3) is 11.2 Å². The van der Waals surface area contributed by atoms with Crippen molar-refractivity contribution in [3.63, 3.8) is 0 Å². The van der Waals surface area contributed by atoms with Crippen LogP contribution < -0.4 is 5.73 Å². The number of methoxy groups -OCH3 is 1. The highest BCUT2D eigenvalue weighted by molar-refractivity contribution is 6.19. The molecule has 41 heavy (non-hydrogen) atoms. The van der Waals surface area contributed by atoms with Crippen LogP contribution in [-0.4, -0.2) is 97.8 Å². The number of hydrogen-bond donors (Lipinski definition) is 3. The molecule has 12 heteroatoms. The van der Waals surface area contributed by atoms with Gasteiger partial charge in [0.15, 0.2) is 17.7 Å². The largest absolute Gasteiger partial charge is 0.387 e. The van der Waals surface area contributed by atoms with E-state index in [1.807, 2.05) is 0 Å². The van der Waals surface area contributed by atoms with Crippen molar-refractivity contribution in [3.8, 4) is 0 Å². The molecule has 2 aromatic heterocycles. The van der Waals surface area contributed by atoms with Crippen molar-refractivity contribution in [2.45, 2.75) is 76.5 Å². The number of aromatic nitrogens is 4. The maximum atomic E-state index is 10.8. The van der Waals surface area contributed by atoms with Crippen molar-refractivity contribution >= 4 is 28.5 Å². The van der Waals surface area contributed by atoms with E-state index in [-0.39, 0.29) is 11.2 Å². The normalized spacial score (nSPS) is 29.7. The van der Waals surface area contributed by atoms with Crippen molar-refractivity contribution in [2.24, 2.45) is 21.3 Å². The minimum Gasteiger partial charge on any atom is -0.387 e. The Morgan fingerprint density at radius 3 is 2.76 bits per heavy atom. The highest BCUT2D eigenvalue weighted by Gasteiger charge is 2.45. The number of hydrogen-bond acceptors (Lipinski definition) is 11. The van der Waals surface area contributed by atoms with Crippen molar-refractivity contribution in [2.75, 3.05) is 33.0 Å². The smallest absolute Gasteiger partial charge is 0.167 e. The Morgan fingerprint density at radius 2 is 1.98 bits per heavy atom. The van der Waals surface area contributed by atoms with Gasteiger partial charge in [-0.1, -0.05) is 25.5 Å². The first kappa shape index (κ1) is 28.1. The third-order valence-corrected chi connectivity index (χ3v) is 9.04. The first-order valence-corrected chi connectivity index (χ1v) is 14.4. The van der Waals surface area contributed by atoms with E-state index in [4.69, 9.17) is 25.2 Å². The van der Waals surface area contributed by atoms with Crippen LogP contribution in [0.5, 0.6) is 0 Å². The molecule has 2 fully saturated rings. The summed E-state index contributed by atoms with van der Waals surface area (Å²) in [6.07, 6.45) is 8.74. The molecule has 2 aliphatic heterocycles. The number of nitrogen functional groups attached to an aromatic ring is 1. The molecule has 0 radical (unpaired) electrons. The number of allylic oxidation sites excluding steroid dienone is 2. The van der Waals surface area contributed by atoms with Crippen molar-refractivity contribution in [1.29, 1.82) is 0 Å². The zero-order chi connectivity index (χ0) is 28.9. The number of nitrogens with two attached hydrogens (primary N) is 1. The molecule has 220 valence electrons. The highest BCUT2D eigenvalue weighted by Crippen LogP contribution is 2.38. The van der Waals surface area contributed by atoms with E-state index in [1.165, 1.54) is 18.2 Å². The van der Waals surface area contributed by atoms with Crippen LogP contribution in [0, 0.1) is 11.3 Å². The van der Waals surface area contributed by atoms with E-state index >= 15 is 0 Å². The number of amidine groups is 1. The van der Waals surface area contributed by atoms with Crippen molar-refractivity contribution < 1.29 is 19.7 Å². The summed E-state index contributed by atoms with van der Waals surface area (Å²) < 4.78 is 13.2. The Balaban J connectivity index is 0.987. The Morgan fingerprint density at radius 1 is 1.17 bits per heavy atom. The summed E-state index contributed by atoms with van der Waals surface area (Å²) in [5, 5.41) is 21.5. The van der Waals surface area contributed by atoms with Gasteiger partial charge in [-0.3, -0.25) is 4.57 Å². The zero-order valence-electron chi connectivity index (χ0n) is 24.1. The van der Waals surface area contributed by atoms with Crippen LogP contribution in [-0.2, 0) is 9.47 Å². The molecule has 0 aromatic carbocycles. The van der Waals surface area contributed by atoms with Gasteiger partial charge >= 0.3 is 0 Å². The molecule has 2 aliphatic carbocycles. The number of nitrogens with zero attached hydrogens (tertiary/aromatic N) is 7. The van der Waals surface area contributed by atoms with Gasteiger partial charge in [0.1, 0.15) is 36.0 Å². The van der Waals surface area contributed by atoms with Gasteiger partial charge in [0.05, 0.1) is 24.3 Å². The van der Waals surface area contributed by atoms with E-state index in [9.17, 15) is 10.2 Å². The number of likely N-dealkylation sites (N-methyl/N-ethyl adjacent to an activating group) is 1. The molecular formula is C29H40N8O4. The molecule has 6 rings (SSSR count). The summed E-state index contributed by atoms with van der Waals surface area (Å²) in [6, 6.07) is 0.407. The van der Waals surface area contributed by atoms with Gasteiger partial charge in [0.25, 0.3) is 0 Å². The lowest BCUT2D eigenvalue weighted by atomic mass is 9.76. The lowest BCUT2D eigenvalue weighted by Gasteiger charge is -2.42. The molecule has 0 bridgehead atoms. The molecule has 2 aromatic rings. The van der Waals surface area contributed by atoms with Crippen molar-refractivity contribution in [3.05, 3.63) is 36.1 Å². The fourth-order valence-corrected chi connectivity index (χ4v) is 6.37. The lowest BCUT2D eigenvalue weighted by Crippen LogP contribution is -2.47. The first-order valence-electron chi connectivity index (χ1n) is 14.4. The van der Waals surface area contributed by atoms with Gasteiger partial charge in [-0.25, -0.2) is 24.9 Å². The molecule has 1 unspecified atom stereocenters. The van der Waals surface area contributed by atoms with Crippen LogP contribution >= 0.6 is 0 Å². The Bertz CT molecular complexity index is 1420. The standard InChI is InChI=1S/C29H40N8O4/c1-29(2,13-40-4)17-6-7-19-20(11-17)35-22(34-19)8-5-16-9-18(10-16)36(3)12-21-24(38)25(39)28(41-21)37-15-33-23-26(30)31-14-32-27(23)37/h7,11,14-16,18,21,24-25,28,38-39H,5-6,8-10,12-13H2,1-4H3,(H2,30,31,32)/t16?,18?,21?,24-,25-,28-/m1/s1. The van der Waals surface area contributed by atoms with E-state index < -0.39 is 24.5 Å². The van der Waals surface area contributed by atoms with E-state index in [0.29, 0.717) is 36.3 Å². The number of imidazole rings is 1. The Hall–Kier alpha value is -3.03. The van der Waals surface area contributed by atoms with Gasteiger partial charge in [-0.2, -0.15) is 0 Å². The minimum absolute atomic E-state index is 0.0229. The monoisotopic (exact) mass is 564 g/mol. The van der Waals surface area contributed by atoms with Crippen LogP contribution in [0.3, 0.4) is 0 Å². The van der Waals surface area contributed by atoms with Gasteiger partial charge in [0.2, 0.25) is 0 Å². The van der Waals surface area contributed by atoms with Crippen LogP contribution in [0.15, 0.2) is 46.1 Å². The van der Waals surface area contributed by atoms with E-state index in [2.05, 4.69) is 52.9 Å². The summed E-state index contributed by atoms with van der Waals surface area (Å²) in [4.78, 5) is 24.3. The molecule has 1 saturated carbocycles. The number of ether oxygens (including phenoxy) is 2. The van der Waals surface area contributed by atoms with Gasteiger partial charge in [-0.05, 0) is 44.7 Å². The molecule has 4 heterocycles. The van der Waals surface area contributed by atoms with Gasteiger partial charge in [-0.15, -0.1) is 0 Å². The average molecular weight is 565 g/mol. The summed E-state index contributed by atoms with van der Waals surface area (Å²) in [7, 11) is 3.79. The third-order valence-electron chi connectivity index (χ3n) is 9.04. The summed E-state index contributed by atoms with van der Waals surface area (Å²) in [5.41, 5.74) is 10.1. The zero-order valence-corrected chi connectivity index (χ0v) is 24.1. The maximum absolute atomic E-state index is 10.8. The van der Waals surface area contributed by atoms with Crippen LogP contribution in [0.4, 0.5) is 5.82 Å². The predicted molar refractivity (Wildman–Crippen MR) is 155 cm³/mol. The molecule has 4 atom stereocenters. The van der Waals surface area contributed by atoms with Gasteiger partial charge in [0, 0.05) is 31.5 Å². The average Bonchev–Trinajstić information content (AvgIpc) is 3.60. The van der Waals surface area contributed by atoms with Crippen LogP contribution in [0.1, 0.15) is 52.2 Å². The first-order chi connectivity index (χ1) is 19.6. The molecule has 4 N–H and O–H groups in total. The number of anilines is 1. The molecular weight excluding hydrogens is 524 g/mol. The van der Waals surface area contributed by atoms with E-state index in [1.54, 1.807) is 11.7 Å². The number of aliphatic imine (C=N–C) groups is 2. The fourth-order valence-electron chi connectivity index (χ4n) is 6.37. The molecule has 1 saturated heterocycles. The molecule has 0 amide bonds.